The van der Waals surface area contributed by atoms with Crippen LogP contribution in [0, 0.1) is 0 Å². The summed E-state index contributed by atoms with van der Waals surface area (Å²) < 4.78 is 34.7. The second-order valence-electron chi connectivity index (χ2n) is 4.44. The number of nitrogens with two attached hydrogens (primary N) is 1. The maximum atomic E-state index is 12.3. The zero-order valence-electron chi connectivity index (χ0n) is 11.6. The van der Waals surface area contributed by atoms with Gasteiger partial charge in [-0.15, -0.1) is 0 Å². The van der Waals surface area contributed by atoms with Crippen molar-refractivity contribution in [3.8, 4) is 5.75 Å². The van der Waals surface area contributed by atoms with E-state index in [1.165, 1.54) is 6.20 Å². The molecule has 0 atom stereocenters. The molecule has 0 aliphatic heterocycles. The van der Waals surface area contributed by atoms with Crippen molar-refractivity contribution in [3.05, 3.63) is 40.6 Å². The Hall–Kier alpha value is -1.51. The van der Waals surface area contributed by atoms with Crippen LogP contribution < -0.4 is 15.2 Å². The zero-order chi connectivity index (χ0) is 15.6. The highest BCUT2D eigenvalue weighted by Gasteiger charge is 2.18. The number of halogens is 1. The maximum Gasteiger partial charge on any atom is 0.263 e. The van der Waals surface area contributed by atoms with Gasteiger partial charge in [0.1, 0.15) is 10.6 Å². The van der Waals surface area contributed by atoms with Crippen molar-refractivity contribution < 1.29 is 13.2 Å². The smallest absolute Gasteiger partial charge is 0.263 e. The molecule has 1 aromatic carbocycles. The summed E-state index contributed by atoms with van der Waals surface area (Å²) in [5, 5.41) is 0. The van der Waals surface area contributed by atoms with Crippen LogP contribution >= 0.6 is 15.9 Å². The normalized spacial score (nSPS) is 11.4. The van der Waals surface area contributed by atoms with Gasteiger partial charge in [0.25, 0.3) is 10.0 Å². The Morgan fingerprint density at radius 1 is 1.38 bits per heavy atom. The molecule has 1 heterocycles. The summed E-state index contributed by atoms with van der Waals surface area (Å²) in [6.45, 7) is 0.278. The van der Waals surface area contributed by atoms with Crippen molar-refractivity contribution in [2.45, 2.75) is 11.4 Å². The van der Waals surface area contributed by atoms with E-state index < -0.39 is 10.0 Å². The Balaban J connectivity index is 2.30. The highest BCUT2D eigenvalue weighted by atomic mass is 79.9. The molecule has 6 nitrogen and oxygen atoms in total. The molecule has 1 aromatic heterocycles. The van der Waals surface area contributed by atoms with E-state index in [-0.39, 0.29) is 11.4 Å². The lowest BCUT2D eigenvalue weighted by Crippen LogP contribution is -2.12. The van der Waals surface area contributed by atoms with Crippen LogP contribution in [0.4, 0.5) is 5.69 Å². The molecule has 0 unspecified atom stereocenters. The number of hydrogen-bond acceptors (Lipinski definition) is 4. The van der Waals surface area contributed by atoms with Gasteiger partial charge in [-0.3, -0.25) is 4.72 Å². The predicted molar refractivity (Wildman–Crippen MR) is 84.8 cm³/mol. The number of aromatic nitrogens is 1. The molecule has 0 aliphatic rings. The average Bonchev–Trinajstić information content (AvgIpc) is 2.80. The van der Waals surface area contributed by atoms with Gasteiger partial charge in [0.2, 0.25) is 0 Å². The van der Waals surface area contributed by atoms with Gasteiger partial charge in [-0.2, -0.15) is 0 Å². The topological polar surface area (TPSA) is 86.3 Å². The molecule has 0 radical (unpaired) electrons. The van der Waals surface area contributed by atoms with Crippen LogP contribution in [0.3, 0.4) is 0 Å². The summed E-state index contributed by atoms with van der Waals surface area (Å²) in [5.74, 6) is 0.628. The van der Waals surface area contributed by atoms with E-state index >= 15 is 0 Å². The lowest BCUT2D eigenvalue weighted by Gasteiger charge is -2.09. The number of methoxy groups -OCH3 is 1. The van der Waals surface area contributed by atoms with Gasteiger partial charge in [0.05, 0.1) is 17.3 Å². The van der Waals surface area contributed by atoms with Gasteiger partial charge in [-0.05, 0) is 40.2 Å². The van der Waals surface area contributed by atoms with Crippen LogP contribution in [0.25, 0.3) is 0 Å². The van der Waals surface area contributed by atoms with E-state index in [4.69, 9.17) is 10.5 Å². The van der Waals surface area contributed by atoms with Gasteiger partial charge in [-0.25, -0.2) is 8.42 Å². The number of benzene rings is 1. The number of rotatable bonds is 5. The van der Waals surface area contributed by atoms with Crippen molar-refractivity contribution in [1.82, 2.24) is 4.57 Å². The summed E-state index contributed by atoms with van der Waals surface area (Å²) >= 11 is 3.32. The molecule has 0 spiro atoms. The van der Waals surface area contributed by atoms with Crippen molar-refractivity contribution >= 4 is 31.6 Å². The van der Waals surface area contributed by atoms with E-state index in [1.807, 2.05) is 0 Å². The molecule has 0 saturated heterocycles. The first kappa shape index (κ1) is 15.9. The summed E-state index contributed by atoms with van der Waals surface area (Å²) in [7, 11) is -0.350. The summed E-state index contributed by atoms with van der Waals surface area (Å²) in [6.07, 6.45) is 1.53. The summed E-state index contributed by atoms with van der Waals surface area (Å²) in [4.78, 5) is 0.178. The fourth-order valence-electron chi connectivity index (χ4n) is 1.87. The number of ether oxygens (including phenoxy) is 1. The molecule has 8 heteroatoms. The maximum absolute atomic E-state index is 12.3. The molecule has 0 fully saturated rings. The highest BCUT2D eigenvalue weighted by Crippen LogP contribution is 2.29. The second kappa shape index (κ2) is 6.08. The minimum atomic E-state index is -3.65. The molecular formula is C13H16BrN3O3S. The molecular weight excluding hydrogens is 358 g/mol. The highest BCUT2D eigenvalue weighted by molar-refractivity contribution is 9.10. The summed E-state index contributed by atoms with van der Waals surface area (Å²) in [6, 6.07) is 6.51. The molecule has 114 valence electrons. The van der Waals surface area contributed by atoms with Gasteiger partial charge >= 0.3 is 0 Å². The minimum absolute atomic E-state index is 0.178. The number of nitrogens with zero attached hydrogens (tertiary/aromatic N) is 1. The molecule has 0 amide bonds. The minimum Gasteiger partial charge on any atom is -0.496 e. The average molecular weight is 374 g/mol. The Morgan fingerprint density at radius 2 is 2.10 bits per heavy atom. The predicted octanol–water partition coefficient (Wildman–Crippen LogP) is 2.06. The van der Waals surface area contributed by atoms with Gasteiger partial charge in [0, 0.05) is 25.5 Å². The molecule has 0 aliphatic carbocycles. The quantitative estimate of drug-likeness (QED) is 0.839. The van der Waals surface area contributed by atoms with E-state index in [2.05, 4.69) is 20.7 Å². The number of nitrogens with one attached hydrogen (secondary N) is 1. The Morgan fingerprint density at radius 3 is 2.62 bits per heavy atom. The van der Waals surface area contributed by atoms with Crippen LogP contribution in [-0.4, -0.2) is 20.1 Å². The number of sulfonamides is 1. The third-order valence-corrected chi connectivity index (χ3v) is 4.97. The van der Waals surface area contributed by atoms with Crippen LogP contribution in [0.2, 0.25) is 0 Å². The monoisotopic (exact) mass is 373 g/mol. The first-order chi connectivity index (χ1) is 9.87. The molecule has 0 bridgehead atoms. The van der Waals surface area contributed by atoms with Crippen LogP contribution in [-0.2, 0) is 23.6 Å². The lowest BCUT2D eigenvalue weighted by atomic mass is 10.3. The largest absolute Gasteiger partial charge is 0.496 e. The molecule has 2 aromatic rings. The Labute approximate surface area is 132 Å². The van der Waals surface area contributed by atoms with Crippen molar-refractivity contribution in [3.63, 3.8) is 0 Å². The van der Waals surface area contributed by atoms with E-state index in [9.17, 15) is 8.42 Å². The fraction of sp³-hybridized carbons (Fsp3) is 0.231. The first-order valence-electron chi connectivity index (χ1n) is 6.09. The first-order valence-corrected chi connectivity index (χ1v) is 8.36. The zero-order valence-corrected chi connectivity index (χ0v) is 14.0. The standard InChI is InChI=1S/C13H16BrN3O3S/c1-17-8-11(6-10(17)7-15)21(18,19)16-9-3-4-13(20-2)12(14)5-9/h3-6,8,16H,7,15H2,1-2H3. The molecule has 21 heavy (non-hydrogen) atoms. The van der Waals surface area contributed by atoms with Crippen molar-refractivity contribution in [1.29, 1.82) is 0 Å². The fourth-order valence-corrected chi connectivity index (χ4v) is 3.55. The van der Waals surface area contributed by atoms with Gasteiger partial charge < -0.3 is 15.0 Å². The van der Waals surface area contributed by atoms with Crippen LogP contribution in [0.15, 0.2) is 39.8 Å². The van der Waals surface area contributed by atoms with E-state index in [0.717, 1.165) is 5.69 Å². The second-order valence-corrected chi connectivity index (χ2v) is 6.97. The van der Waals surface area contributed by atoms with Crippen molar-refractivity contribution in [2.75, 3.05) is 11.8 Å². The molecule has 2 rings (SSSR count). The Bertz CT molecular complexity index is 756. The molecule has 3 N–H and O–H groups in total. The van der Waals surface area contributed by atoms with Crippen molar-refractivity contribution in [2.24, 2.45) is 12.8 Å². The Kier molecular flexibility index (Phi) is 4.60. The third-order valence-electron chi connectivity index (χ3n) is 3.01. The molecule has 0 saturated carbocycles. The SMILES string of the molecule is COc1ccc(NS(=O)(=O)c2cc(CN)n(C)c2)cc1Br. The van der Waals surface area contributed by atoms with Gasteiger partial charge in [-0.1, -0.05) is 0 Å². The number of hydrogen-bond donors (Lipinski definition) is 2. The van der Waals surface area contributed by atoms with E-state index in [1.54, 1.807) is 43.0 Å². The van der Waals surface area contributed by atoms with Gasteiger partial charge in [0.15, 0.2) is 0 Å². The number of aryl methyl sites for hydroxylation is 1. The lowest BCUT2D eigenvalue weighted by molar-refractivity contribution is 0.412. The number of anilines is 1. The summed E-state index contributed by atoms with van der Waals surface area (Å²) in [5.41, 5.74) is 6.74. The third kappa shape index (κ3) is 3.39. The van der Waals surface area contributed by atoms with Crippen LogP contribution in [0.1, 0.15) is 5.69 Å². The van der Waals surface area contributed by atoms with E-state index in [0.29, 0.717) is 15.9 Å². The van der Waals surface area contributed by atoms with Crippen LogP contribution in [0.5, 0.6) is 5.75 Å².